The van der Waals surface area contributed by atoms with Crippen LogP contribution >= 0.6 is 0 Å². The zero-order valence-electron chi connectivity index (χ0n) is 8.08. The summed E-state index contributed by atoms with van der Waals surface area (Å²) in [4.78, 5) is 4.12. The molecule has 0 atom stereocenters. The fraction of sp³-hybridized carbons (Fsp3) is 0.100. The van der Waals surface area contributed by atoms with E-state index in [9.17, 15) is 11.9 Å². The SMILES string of the molecule is Cc1ccc([As](=O)(O)O)c2cccnc12. The molecule has 0 spiro atoms. The van der Waals surface area contributed by atoms with Crippen LogP contribution in [0.25, 0.3) is 10.9 Å². The summed E-state index contributed by atoms with van der Waals surface area (Å²) in [5.74, 6) is 0. The van der Waals surface area contributed by atoms with E-state index in [1.807, 2.05) is 6.92 Å². The number of benzene rings is 1. The van der Waals surface area contributed by atoms with Gasteiger partial charge in [-0.05, 0) is 0 Å². The molecule has 0 aliphatic carbocycles. The molecule has 0 saturated carbocycles. The molecule has 15 heavy (non-hydrogen) atoms. The second kappa shape index (κ2) is 3.49. The summed E-state index contributed by atoms with van der Waals surface area (Å²) < 4.78 is 29.8. The number of hydrogen-bond acceptors (Lipinski definition) is 2. The minimum absolute atomic E-state index is 0.0989. The Kier molecular flexibility index (Phi) is 2.42. The van der Waals surface area contributed by atoms with E-state index in [-0.39, 0.29) is 4.35 Å². The monoisotopic (exact) mass is 267 g/mol. The van der Waals surface area contributed by atoms with Gasteiger partial charge in [-0.1, -0.05) is 0 Å². The summed E-state index contributed by atoms with van der Waals surface area (Å²) in [7, 11) is 0. The van der Waals surface area contributed by atoms with Crippen molar-refractivity contribution in [1.29, 1.82) is 0 Å². The number of hydrogen-bond donors (Lipinski definition) is 2. The van der Waals surface area contributed by atoms with Gasteiger partial charge in [0.2, 0.25) is 0 Å². The van der Waals surface area contributed by atoms with Crippen molar-refractivity contribution in [3.63, 3.8) is 0 Å². The minimum atomic E-state index is -4.85. The third-order valence-corrected chi connectivity index (χ3v) is 4.40. The van der Waals surface area contributed by atoms with E-state index in [0.717, 1.165) is 5.56 Å². The number of rotatable bonds is 1. The van der Waals surface area contributed by atoms with Gasteiger partial charge in [0.05, 0.1) is 0 Å². The summed E-state index contributed by atoms with van der Waals surface area (Å²) in [5.41, 5.74) is 1.57. The fourth-order valence-electron chi connectivity index (χ4n) is 1.55. The predicted octanol–water partition coefficient (Wildman–Crippen LogP) is 0.104. The first-order valence-electron chi connectivity index (χ1n) is 4.40. The molecule has 2 rings (SSSR count). The number of aryl methyl sites for hydroxylation is 1. The van der Waals surface area contributed by atoms with Crippen molar-refractivity contribution in [2.24, 2.45) is 0 Å². The number of nitrogens with zero attached hydrogens (tertiary/aromatic N) is 1. The third-order valence-electron chi connectivity index (χ3n) is 2.26. The summed E-state index contributed by atoms with van der Waals surface area (Å²) in [6.45, 7) is 1.87. The Labute approximate surface area is 89.6 Å². The Morgan fingerprint density at radius 3 is 2.67 bits per heavy atom. The van der Waals surface area contributed by atoms with Crippen molar-refractivity contribution < 1.29 is 11.9 Å². The molecule has 2 aromatic rings. The average molecular weight is 267 g/mol. The summed E-state index contributed by atoms with van der Waals surface area (Å²) in [6.07, 6.45) is 1.62. The van der Waals surface area contributed by atoms with E-state index in [1.54, 1.807) is 24.4 Å². The molecular weight excluding hydrogens is 257 g/mol. The maximum atomic E-state index is 11.3. The normalized spacial score (nSPS) is 11.9. The van der Waals surface area contributed by atoms with Crippen LogP contribution in [-0.4, -0.2) is 27.3 Å². The van der Waals surface area contributed by atoms with E-state index in [4.69, 9.17) is 0 Å². The quantitative estimate of drug-likeness (QED) is 0.719. The van der Waals surface area contributed by atoms with Crippen LogP contribution in [0, 0.1) is 6.92 Å². The molecule has 0 radical (unpaired) electrons. The van der Waals surface area contributed by atoms with Gasteiger partial charge in [-0.15, -0.1) is 0 Å². The topological polar surface area (TPSA) is 70.4 Å². The second-order valence-electron chi connectivity index (χ2n) is 3.35. The van der Waals surface area contributed by atoms with Crippen molar-refractivity contribution in [1.82, 2.24) is 4.98 Å². The summed E-state index contributed by atoms with van der Waals surface area (Å²) in [5, 5.41) is 0.546. The Bertz CT molecular complexity index is 562. The van der Waals surface area contributed by atoms with E-state index < -0.39 is 14.2 Å². The van der Waals surface area contributed by atoms with E-state index in [1.165, 1.54) is 6.07 Å². The standard InChI is InChI=1S/C10H10AsNO3/c1-7-4-5-9(11(13,14)15)8-3-2-6-12-10(7)8/h2-6H,1H3,(H2,13,14,15). The van der Waals surface area contributed by atoms with Crippen LogP contribution in [0.4, 0.5) is 0 Å². The maximum absolute atomic E-state index is 11.3. The van der Waals surface area contributed by atoms with Gasteiger partial charge in [0.15, 0.2) is 0 Å². The average Bonchev–Trinajstić information content (AvgIpc) is 2.17. The molecule has 5 heteroatoms. The second-order valence-corrected chi connectivity index (χ2v) is 6.64. The molecule has 0 amide bonds. The molecule has 0 unspecified atom stereocenters. The van der Waals surface area contributed by atoms with Gasteiger partial charge in [0.25, 0.3) is 0 Å². The molecule has 1 heterocycles. The number of aromatic nitrogens is 1. The molecular formula is C10H10AsNO3. The number of fused-ring (bicyclic) bond motifs is 1. The van der Waals surface area contributed by atoms with Crippen LogP contribution in [0.3, 0.4) is 0 Å². The summed E-state index contributed by atoms with van der Waals surface area (Å²) in [6, 6.07) is 6.53. The van der Waals surface area contributed by atoms with Gasteiger partial charge in [-0.2, -0.15) is 0 Å². The van der Waals surface area contributed by atoms with Gasteiger partial charge in [0.1, 0.15) is 0 Å². The van der Waals surface area contributed by atoms with Crippen molar-refractivity contribution >= 4 is 29.4 Å². The van der Waals surface area contributed by atoms with E-state index >= 15 is 0 Å². The fourth-order valence-corrected chi connectivity index (χ4v) is 3.15. The van der Waals surface area contributed by atoms with Crippen LogP contribution in [-0.2, 0) is 3.74 Å². The van der Waals surface area contributed by atoms with Gasteiger partial charge < -0.3 is 0 Å². The van der Waals surface area contributed by atoms with Crippen LogP contribution in [0.1, 0.15) is 5.56 Å². The Morgan fingerprint density at radius 1 is 1.27 bits per heavy atom. The Morgan fingerprint density at radius 2 is 2.00 bits per heavy atom. The van der Waals surface area contributed by atoms with Crippen LogP contribution in [0.2, 0.25) is 0 Å². The molecule has 78 valence electrons. The number of pyridine rings is 1. The van der Waals surface area contributed by atoms with Gasteiger partial charge in [0, 0.05) is 0 Å². The molecule has 0 saturated heterocycles. The van der Waals surface area contributed by atoms with Crippen LogP contribution in [0.5, 0.6) is 0 Å². The molecule has 0 fully saturated rings. The molecule has 2 N–H and O–H groups in total. The molecule has 0 aliphatic heterocycles. The van der Waals surface area contributed by atoms with Crippen LogP contribution in [0.15, 0.2) is 30.5 Å². The van der Waals surface area contributed by atoms with Crippen LogP contribution < -0.4 is 4.35 Å². The van der Waals surface area contributed by atoms with Gasteiger partial charge in [-0.3, -0.25) is 0 Å². The zero-order valence-corrected chi connectivity index (χ0v) is 9.96. The first-order valence-corrected chi connectivity index (χ1v) is 7.79. The van der Waals surface area contributed by atoms with Gasteiger partial charge >= 0.3 is 89.3 Å². The molecule has 1 aromatic carbocycles. The first kappa shape index (κ1) is 10.4. The van der Waals surface area contributed by atoms with Crippen molar-refractivity contribution in [3.8, 4) is 0 Å². The summed E-state index contributed by atoms with van der Waals surface area (Å²) >= 11 is -4.85. The van der Waals surface area contributed by atoms with Crippen molar-refractivity contribution in [2.75, 3.05) is 0 Å². The molecule has 1 aromatic heterocycles. The molecule has 0 bridgehead atoms. The molecule has 0 aliphatic rings. The van der Waals surface area contributed by atoms with Gasteiger partial charge in [-0.25, -0.2) is 0 Å². The Hall–Kier alpha value is -1.09. The van der Waals surface area contributed by atoms with E-state index in [2.05, 4.69) is 4.98 Å². The predicted molar refractivity (Wildman–Crippen MR) is 57.0 cm³/mol. The van der Waals surface area contributed by atoms with E-state index in [0.29, 0.717) is 10.9 Å². The molecule has 4 nitrogen and oxygen atoms in total. The third kappa shape index (κ3) is 1.84. The first-order chi connectivity index (χ1) is 7.00. The van der Waals surface area contributed by atoms with Crippen molar-refractivity contribution in [3.05, 3.63) is 36.0 Å². The van der Waals surface area contributed by atoms with Crippen molar-refractivity contribution in [2.45, 2.75) is 6.92 Å². The zero-order chi connectivity index (χ0) is 11.1. The Balaban J connectivity index is 2.90.